The van der Waals surface area contributed by atoms with Crippen molar-refractivity contribution in [3.05, 3.63) is 34.9 Å². The number of amides is 1. The summed E-state index contributed by atoms with van der Waals surface area (Å²) >= 11 is 6.04. The van der Waals surface area contributed by atoms with Gasteiger partial charge in [0.1, 0.15) is 0 Å². The van der Waals surface area contributed by atoms with Crippen molar-refractivity contribution < 1.29 is 19.4 Å². The summed E-state index contributed by atoms with van der Waals surface area (Å²) in [5, 5.41) is 13.0. The molecular weight excluding hydrogens is 282 g/mol. The molecule has 0 aromatic heterocycles. The normalized spacial score (nSPS) is 13.7. The van der Waals surface area contributed by atoms with Gasteiger partial charge in [0.2, 0.25) is 5.91 Å². The predicted octanol–water partition coefficient (Wildman–Crippen LogP) is 1.83. The van der Waals surface area contributed by atoms with Crippen LogP contribution in [-0.2, 0) is 14.3 Å². The quantitative estimate of drug-likeness (QED) is 0.813. The summed E-state index contributed by atoms with van der Waals surface area (Å²) in [7, 11) is 0. The third-order valence-corrected chi connectivity index (χ3v) is 2.85. The lowest BCUT2D eigenvalue weighted by Gasteiger charge is -2.24. The van der Waals surface area contributed by atoms with Gasteiger partial charge in [0.15, 0.2) is 6.10 Å². The van der Waals surface area contributed by atoms with Crippen LogP contribution in [-0.4, -0.2) is 29.2 Å². The summed E-state index contributed by atoms with van der Waals surface area (Å²) in [5.41, 5.74) is 0.456. The van der Waals surface area contributed by atoms with Crippen LogP contribution in [0, 0.1) is 0 Å². The Balaban J connectivity index is 3.03. The third kappa shape index (κ3) is 4.51. The topological polar surface area (TPSA) is 75.6 Å². The highest BCUT2D eigenvalue weighted by atomic mass is 35.5. The minimum atomic E-state index is -1.53. The first-order chi connectivity index (χ1) is 9.32. The van der Waals surface area contributed by atoms with Gasteiger partial charge in [0.05, 0.1) is 12.1 Å². The first-order valence-corrected chi connectivity index (χ1v) is 6.60. The molecule has 0 aliphatic rings. The van der Waals surface area contributed by atoms with E-state index in [9.17, 15) is 14.7 Å². The molecular formula is C14H18ClNO4. The molecule has 110 valence electrons. The second-order valence-corrected chi connectivity index (χ2v) is 5.04. The monoisotopic (exact) mass is 299 g/mol. The third-order valence-electron chi connectivity index (χ3n) is 2.51. The van der Waals surface area contributed by atoms with Gasteiger partial charge < -0.3 is 15.2 Å². The lowest BCUT2D eigenvalue weighted by molar-refractivity contribution is -0.159. The van der Waals surface area contributed by atoms with Crippen LogP contribution in [0.15, 0.2) is 24.3 Å². The van der Waals surface area contributed by atoms with Crippen LogP contribution in [0.2, 0.25) is 5.02 Å². The van der Waals surface area contributed by atoms with E-state index in [4.69, 9.17) is 16.3 Å². The summed E-state index contributed by atoms with van der Waals surface area (Å²) in [4.78, 5) is 23.1. The van der Waals surface area contributed by atoms with Gasteiger partial charge >= 0.3 is 5.97 Å². The highest BCUT2D eigenvalue weighted by Crippen LogP contribution is 2.26. The van der Waals surface area contributed by atoms with Crippen LogP contribution < -0.4 is 5.32 Å². The fraction of sp³-hybridized carbons (Fsp3) is 0.429. The van der Waals surface area contributed by atoms with E-state index in [0.717, 1.165) is 0 Å². The molecule has 0 aliphatic carbocycles. The van der Waals surface area contributed by atoms with E-state index in [1.54, 1.807) is 38.1 Å². The molecule has 0 saturated carbocycles. The largest absolute Gasteiger partial charge is 0.461 e. The Kier molecular flexibility index (Phi) is 5.98. The molecule has 0 saturated heterocycles. The molecule has 1 amide bonds. The maximum atomic E-state index is 11.8. The number of benzene rings is 1. The van der Waals surface area contributed by atoms with Gasteiger partial charge in [-0.25, -0.2) is 4.79 Å². The van der Waals surface area contributed by atoms with Gasteiger partial charge in [-0.05, 0) is 25.5 Å². The van der Waals surface area contributed by atoms with Crippen molar-refractivity contribution in [2.45, 2.75) is 39.0 Å². The van der Waals surface area contributed by atoms with Gasteiger partial charge in [-0.3, -0.25) is 4.79 Å². The van der Waals surface area contributed by atoms with Crippen molar-refractivity contribution in [3.8, 4) is 0 Å². The van der Waals surface area contributed by atoms with Crippen molar-refractivity contribution in [2.75, 3.05) is 0 Å². The van der Waals surface area contributed by atoms with E-state index in [-0.39, 0.29) is 12.0 Å². The zero-order valence-electron chi connectivity index (χ0n) is 11.6. The highest BCUT2D eigenvalue weighted by molar-refractivity contribution is 6.31. The molecule has 0 fully saturated rings. The standard InChI is InChI=1S/C14H18ClNO4/c1-8(2)20-14(19)13(18)12(16-9(3)17)10-6-4-5-7-11(10)15/h4-8,12-13,18H,1-3H3,(H,16,17)/t12-,13+/m0/s1. The Hall–Kier alpha value is -1.59. The number of rotatable bonds is 5. The number of hydrogen-bond acceptors (Lipinski definition) is 4. The molecule has 0 spiro atoms. The van der Waals surface area contributed by atoms with Crippen molar-refractivity contribution in [1.82, 2.24) is 5.32 Å². The second kappa shape index (κ2) is 7.26. The van der Waals surface area contributed by atoms with Crippen LogP contribution >= 0.6 is 11.6 Å². The van der Waals surface area contributed by atoms with E-state index in [2.05, 4.69) is 5.32 Å². The van der Waals surface area contributed by atoms with Crippen LogP contribution in [0.4, 0.5) is 0 Å². The summed E-state index contributed by atoms with van der Waals surface area (Å²) in [6, 6.07) is 5.72. The first-order valence-electron chi connectivity index (χ1n) is 6.23. The fourth-order valence-electron chi connectivity index (χ4n) is 1.71. The molecule has 1 rings (SSSR count). The number of carbonyl (C=O) groups excluding carboxylic acids is 2. The van der Waals surface area contributed by atoms with Gasteiger partial charge in [0.25, 0.3) is 0 Å². The Bertz CT molecular complexity index is 490. The molecule has 0 bridgehead atoms. The van der Waals surface area contributed by atoms with E-state index in [1.165, 1.54) is 6.92 Å². The number of nitrogens with one attached hydrogen (secondary N) is 1. The van der Waals surface area contributed by atoms with Gasteiger partial charge in [-0.15, -0.1) is 0 Å². The molecule has 0 radical (unpaired) electrons. The zero-order chi connectivity index (χ0) is 15.3. The summed E-state index contributed by atoms with van der Waals surface area (Å²) < 4.78 is 4.95. The Morgan fingerprint density at radius 2 is 1.90 bits per heavy atom. The number of hydrogen-bond donors (Lipinski definition) is 2. The molecule has 6 heteroatoms. The minimum Gasteiger partial charge on any atom is -0.461 e. The maximum absolute atomic E-state index is 11.8. The van der Waals surface area contributed by atoms with E-state index in [0.29, 0.717) is 10.6 Å². The van der Waals surface area contributed by atoms with Crippen LogP contribution in [0.5, 0.6) is 0 Å². The lowest BCUT2D eigenvalue weighted by Crippen LogP contribution is -2.41. The lowest BCUT2D eigenvalue weighted by atomic mass is 10.0. The number of esters is 1. The Morgan fingerprint density at radius 1 is 1.30 bits per heavy atom. The first kappa shape index (κ1) is 16.5. The SMILES string of the molecule is CC(=O)N[C@@H](c1ccccc1Cl)[C@@H](O)C(=O)OC(C)C. The number of halogens is 1. The molecule has 0 aliphatic heterocycles. The summed E-state index contributed by atoms with van der Waals surface area (Å²) in [5.74, 6) is -1.19. The molecule has 20 heavy (non-hydrogen) atoms. The van der Waals surface area contributed by atoms with Crippen molar-refractivity contribution >= 4 is 23.5 Å². The van der Waals surface area contributed by atoms with Gasteiger partial charge in [-0.2, -0.15) is 0 Å². The van der Waals surface area contributed by atoms with Crippen LogP contribution in [0.1, 0.15) is 32.4 Å². The van der Waals surface area contributed by atoms with E-state index >= 15 is 0 Å². The highest BCUT2D eigenvalue weighted by Gasteiger charge is 2.31. The smallest absolute Gasteiger partial charge is 0.337 e. The van der Waals surface area contributed by atoms with Gasteiger partial charge in [-0.1, -0.05) is 29.8 Å². The molecule has 1 aromatic carbocycles. The number of aliphatic hydroxyl groups is 1. The average Bonchev–Trinajstić information content (AvgIpc) is 2.35. The van der Waals surface area contributed by atoms with Gasteiger partial charge in [0, 0.05) is 11.9 Å². The fourth-order valence-corrected chi connectivity index (χ4v) is 1.96. The average molecular weight is 300 g/mol. The predicted molar refractivity (Wildman–Crippen MR) is 75.2 cm³/mol. The van der Waals surface area contributed by atoms with E-state index in [1.807, 2.05) is 0 Å². The van der Waals surface area contributed by atoms with Crippen molar-refractivity contribution in [3.63, 3.8) is 0 Å². The molecule has 0 heterocycles. The molecule has 2 N–H and O–H groups in total. The minimum absolute atomic E-state index is 0.350. The van der Waals surface area contributed by atoms with Crippen molar-refractivity contribution in [1.29, 1.82) is 0 Å². The maximum Gasteiger partial charge on any atom is 0.337 e. The second-order valence-electron chi connectivity index (χ2n) is 4.63. The van der Waals surface area contributed by atoms with E-state index < -0.39 is 18.1 Å². The van der Waals surface area contributed by atoms with Crippen LogP contribution in [0.3, 0.4) is 0 Å². The molecule has 1 aromatic rings. The Morgan fingerprint density at radius 3 is 2.40 bits per heavy atom. The summed E-state index contributed by atoms with van der Waals surface area (Å²) in [6.45, 7) is 4.64. The Labute approximate surface area is 122 Å². The number of carbonyl (C=O) groups is 2. The molecule has 0 unspecified atom stereocenters. The number of ether oxygens (including phenoxy) is 1. The molecule has 2 atom stereocenters. The zero-order valence-corrected chi connectivity index (χ0v) is 12.3. The summed E-state index contributed by atoms with van der Waals surface area (Å²) in [6.07, 6.45) is -1.89. The molecule has 5 nitrogen and oxygen atoms in total. The van der Waals surface area contributed by atoms with Crippen molar-refractivity contribution in [2.24, 2.45) is 0 Å². The number of aliphatic hydroxyl groups excluding tert-OH is 1. The van der Waals surface area contributed by atoms with Crippen LogP contribution in [0.25, 0.3) is 0 Å².